The van der Waals surface area contributed by atoms with Gasteiger partial charge in [-0.1, -0.05) is 29.6 Å². The van der Waals surface area contributed by atoms with E-state index in [9.17, 15) is 0 Å². The Morgan fingerprint density at radius 3 is 3.10 bits per heavy atom. The highest BCUT2D eigenvalue weighted by molar-refractivity contribution is 9.10. The van der Waals surface area contributed by atoms with E-state index in [0.717, 1.165) is 28.8 Å². The van der Waals surface area contributed by atoms with Gasteiger partial charge in [0.05, 0.1) is 11.6 Å². The number of hydrogen-bond acceptors (Lipinski definition) is 4. The van der Waals surface area contributed by atoms with Gasteiger partial charge in [0.2, 0.25) is 0 Å². The van der Waals surface area contributed by atoms with Crippen molar-refractivity contribution in [2.24, 2.45) is 0 Å². The number of halogens is 1. The molecule has 1 aromatic carbocycles. The molecule has 1 saturated heterocycles. The quantitative estimate of drug-likeness (QED) is 0.900. The van der Waals surface area contributed by atoms with Crippen molar-refractivity contribution in [3.05, 3.63) is 34.1 Å². The van der Waals surface area contributed by atoms with Crippen molar-refractivity contribution < 1.29 is 4.52 Å². The zero-order chi connectivity index (χ0) is 13.9. The number of benzene rings is 1. The highest BCUT2D eigenvalue weighted by Crippen LogP contribution is 2.29. The molecule has 1 aliphatic heterocycles. The fourth-order valence-electron chi connectivity index (χ4n) is 2.54. The molecule has 2 heterocycles. The van der Waals surface area contributed by atoms with Gasteiger partial charge in [-0.05, 0) is 54.4 Å². The van der Waals surface area contributed by atoms with Crippen molar-refractivity contribution in [3.8, 4) is 11.5 Å². The minimum Gasteiger partial charge on any atom is -0.334 e. The monoisotopic (exact) mass is 335 g/mol. The lowest BCUT2D eigenvalue weighted by molar-refractivity contribution is 0.402. The molecule has 106 valence electrons. The third kappa shape index (κ3) is 2.94. The first-order chi connectivity index (χ1) is 9.74. The van der Waals surface area contributed by atoms with Gasteiger partial charge in [-0.2, -0.15) is 4.98 Å². The number of aryl methyl sites for hydroxylation is 1. The van der Waals surface area contributed by atoms with Crippen LogP contribution in [-0.2, 0) is 0 Å². The Morgan fingerprint density at radius 1 is 1.30 bits per heavy atom. The molecule has 1 N–H and O–H groups in total. The molecule has 1 aromatic heterocycles. The van der Waals surface area contributed by atoms with Gasteiger partial charge in [-0.3, -0.25) is 0 Å². The number of nitrogens with one attached hydrogen (secondary N) is 1. The van der Waals surface area contributed by atoms with Crippen molar-refractivity contribution in [1.29, 1.82) is 0 Å². The Bertz CT molecular complexity index is 589. The lowest BCUT2D eigenvalue weighted by atomic mass is 10.1. The van der Waals surface area contributed by atoms with E-state index in [1.165, 1.54) is 24.8 Å². The molecule has 1 aliphatic rings. The second-order valence-electron chi connectivity index (χ2n) is 5.30. The first-order valence-corrected chi connectivity index (χ1v) is 7.87. The molecule has 1 fully saturated rings. The lowest BCUT2D eigenvalue weighted by Crippen LogP contribution is -2.21. The van der Waals surface area contributed by atoms with E-state index in [1.54, 1.807) is 0 Å². The largest absolute Gasteiger partial charge is 0.334 e. The van der Waals surface area contributed by atoms with E-state index in [-0.39, 0.29) is 6.04 Å². The van der Waals surface area contributed by atoms with Gasteiger partial charge in [0.15, 0.2) is 5.82 Å². The maximum Gasteiger partial charge on any atom is 0.259 e. The molecule has 0 amide bonds. The first-order valence-electron chi connectivity index (χ1n) is 7.07. The minimum atomic E-state index is 0.221. The van der Waals surface area contributed by atoms with E-state index in [0.29, 0.717) is 5.89 Å². The summed E-state index contributed by atoms with van der Waals surface area (Å²) in [5, 5.41) is 7.65. The van der Waals surface area contributed by atoms with Crippen LogP contribution in [0.5, 0.6) is 0 Å². The van der Waals surface area contributed by atoms with E-state index < -0.39 is 0 Å². The summed E-state index contributed by atoms with van der Waals surface area (Å²) < 4.78 is 6.43. The van der Waals surface area contributed by atoms with Gasteiger partial charge < -0.3 is 9.84 Å². The summed E-state index contributed by atoms with van der Waals surface area (Å²) in [6.45, 7) is 3.09. The first kappa shape index (κ1) is 13.8. The Balaban J connectivity index is 1.87. The molecule has 0 saturated carbocycles. The fraction of sp³-hybridized carbons (Fsp3) is 0.467. The lowest BCUT2D eigenvalue weighted by Gasteiger charge is -2.09. The second kappa shape index (κ2) is 6.06. The van der Waals surface area contributed by atoms with Crippen LogP contribution in [-0.4, -0.2) is 16.7 Å². The zero-order valence-corrected chi connectivity index (χ0v) is 13.1. The average molecular weight is 336 g/mol. The summed E-state index contributed by atoms with van der Waals surface area (Å²) in [5.74, 6) is 1.36. The second-order valence-corrected chi connectivity index (χ2v) is 6.15. The molecule has 0 radical (unpaired) electrons. The van der Waals surface area contributed by atoms with Gasteiger partial charge in [0.25, 0.3) is 5.89 Å². The number of hydrogen-bond donors (Lipinski definition) is 1. The topological polar surface area (TPSA) is 51.0 Å². The summed E-state index contributed by atoms with van der Waals surface area (Å²) >= 11 is 3.54. The molecule has 0 spiro atoms. The van der Waals surface area contributed by atoms with Crippen LogP contribution in [0, 0.1) is 6.92 Å². The zero-order valence-electron chi connectivity index (χ0n) is 11.5. The molecule has 0 bridgehead atoms. The van der Waals surface area contributed by atoms with Crippen molar-refractivity contribution in [2.45, 2.75) is 38.6 Å². The van der Waals surface area contributed by atoms with Crippen LogP contribution in [0.15, 0.2) is 27.2 Å². The molecular formula is C15H18BrN3O. The Hall–Kier alpha value is -1.20. The highest BCUT2D eigenvalue weighted by atomic mass is 79.9. The van der Waals surface area contributed by atoms with Gasteiger partial charge in [0.1, 0.15) is 0 Å². The molecule has 0 aliphatic carbocycles. The molecule has 5 heteroatoms. The predicted octanol–water partition coefficient (Wildman–Crippen LogP) is 4.01. The van der Waals surface area contributed by atoms with Crippen LogP contribution in [0.3, 0.4) is 0 Å². The van der Waals surface area contributed by atoms with Gasteiger partial charge in [0, 0.05) is 4.47 Å². The smallest absolute Gasteiger partial charge is 0.259 e. The third-order valence-corrected chi connectivity index (χ3v) is 4.36. The van der Waals surface area contributed by atoms with E-state index in [1.807, 2.05) is 6.07 Å². The van der Waals surface area contributed by atoms with Crippen molar-refractivity contribution >= 4 is 15.9 Å². The third-order valence-electron chi connectivity index (χ3n) is 3.67. The van der Waals surface area contributed by atoms with Crippen LogP contribution < -0.4 is 5.32 Å². The van der Waals surface area contributed by atoms with E-state index in [4.69, 9.17) is 4.52 Å². The van der Waals surface area contributed by atoms with E-state index in [2.05, 4.69) is 50.4 Å². The summed E-state index contributed by atoms with van der Waals surface area (Å²) in [6.07, 6.45) is 4.80. The molecule has 4 nitrogen and oxygen atoms in total. The molecule has 3 rings (SSSR count). The van der Waals surface area contributed by atoms with E-state index >= 15 is 0 Å². The van der Waals surface area contributed by atoms with Crippen molar-refractivity contribution in [2.75, 3.05) is 6.54 Å². The minimum absolute atomic E-state index is 0.221. The number of rotatable bonds is 2. The van der Waals surface area contributed by atoms with Gasteiger partial charge in [-0.15, -0.1) is 0 Å². The van der Waals surface area contributed by atoms with Crippen molar-refractivity contribution in [3.63, 3.8) is 0 Å². The highest BCUT2D eigenvalue weighted by Gasteiger charge is 2.20. The Kier molecular flexibility index (Phi) is 4.17. The fourth-order valence-corrected chi connectivity index (χ4v) is 2.95. The van der Waals surface area contributed by atoms with Crippen LogP contribution in [0.1, 0.15) is 43.1 Å². The van der Waals surface area contributed by atoms with Gasteiger partial charge >= 0.3 is 0 Å². The molecule has 2 aromatic rings. The SMILES string of the molecule is Cc1ccc(Br)c(-c2nc(C3CCCCCN3)no2)c1. The van der Waals surface area contributed by atoms with Crippen LogP contribution in [0.2, 0.25) is 0 Å². The molecule has 20 heavy (non-hydrogen) atoms. The van der Waals surface area contributed by atoms with Crippen LogP contribution in [0.25, 0.3) is 11.5 Å². The Morgan fingerprint density at radius 2 is 2.20 bits per heavy atom. The number of aromatic nitrogens is 2. The Labute approximate surface area is 127 Å². The summed E-state index contributed by atoms with van der Waals surface area (Å²) in [5.41, 5.74) is 2.13. The maximum absolute atomic E-state index is 5.45. The van der Waals surface area contributed by atoms with Crippen LogP contribution in [0.4, 0.5) is 0 Å². The maximum atomic E-state index is 5.45. The summed E-state index contributed by atoms with van der Waals surface area (Å²) in [4.78, 5) is 4.58. The number of nitrogens with zero attached hydrogens (tertiary/aromatic N) is 2. The molecular weight excluding hydrogens is 318 g/mol. The van der Waals surface area contributed by atoms with Crippen LogP contribution >= 0.6 is 15.9 Å². The summed E-state index contributed by atoms with van der Waals surface area (Å²) in [7, 11) is 0. The summed E-state index contributed by atoms with van der Waals surface area (Å²) in [6, 6.07) is 6.34. The normalized spacial score (nSPS) is 19.8. The molecule has 1 unspecified atom stereocenters. The average Bonchev–Trinajstić information content (AvgIpc) is 2.77. The molecule has 1 atom stereocenters. The predicted molar refractivity (Wildman–Crippen MR) is 81.4 cm³/mol. The van der Waals surface area contributed by atoms with Crippen molar-refractivity contribution in [1.82, 2.24) is 15.5 Å². The van der Waals surface area contributed by atoms with Gasteiger partial charge in [-0.25, -0.2) is 0 Å². The standard InChI is InChI=1S/C15H18BrN3O/c1-10-6-7-12(16)11(9-10)15-18-14(19-20-15)13-5-3-2-4-8-17-13/h6-7,9,13,17H,2-5,8H2,1H3.